The first-order valence-corrected chi connectivity index (χ1v) is 8.80. The number of ketones is 1. The normalized spacial score (nSPS) is 11.6. The van der Waals surface area contributed by atoms with Crippen molar-refractivity contribution in [1.29, 1.82) is 0 Å². The first-order chi connectivity index (χ1) is 13.2. The van der Waals surface area contributed by atoms with E-state index in [1.807, 2.05) is 13.8 Å². The fourth-order valence-corrected chi connectivity index (χ4v) is 2.40. The average molecular weight is 385 g/mol. The molecule has 2 N–H and O–H groups in total. The van der Waals surface area contributed by atoms with E-state index in [1.165, 1.54) is 25.1 Å². The predicted octanol–water partition coefficient (Wildman–Crippen LogP) is 3.78. The molecule has 0 heterocycles. The lowest BCUT2D eigenvalue weighted by Gasteiger charge is -2.18. The molecule has 0 saturated carbocycles. The van der Waals surface area contributed by atoms with Gasteiger partial charge in [0.15, 0.2) is 11.9 Å². The van der Waals surface area contributed by atoms with Gasteiger partial charge in [-0.2, -0.15) is 0 Å². The van der Waals surface area contributed by atoms with E-state index < -0.39 is 18.0 Å². The molecule has 1 unspecified atom stereocenters. The highest BCUT2D eigenvalue weighted by atomic mass is 16.5. The van der Waals surface area contributed by atoms with E-state index in [4.69, 9.17) is 9.47 Å². The van der Waals surface area contributed by atoms with E-state index in [9.17, 15) is 19.5 Å². The monoisotopic (exact) mass is 385 g/mol. The van der Waals surface area contributed by atoms with Crippen LogP contribution < -0.4 is 14.8 Å². The number of amides is 1. The molecule has 2 aromatic carbocycles. The fourth-order valence-electron chi connectivity index (χ4n) is 2.40. The topological polar surface area (TPSA) is 102 Å². The van der Waals surface area contributed by atoms with Crippen molar-refractivity contribution >= 4 is 23.3 Å². The number of carboxylic acid groups (broad SMARTS) is 1. The van der Waals surface area contributed by atoms with Crippen LogP contribution in [0.5, 0.6) is 11.5 Å². The summed E-state index contributed by atoms with van der Waals surface area (Å²) >= 11 is 0. The molecule has 0 aliphatic carbocycles. The highest BCUT2D eigenvalue weighted by Crippen LogP contribution is 2.27. The Bertz CT molecular complexity index is 890. The van der Waals surface area contributed by atoms with Crippen LogP contribution in [-0.4, -0.2) is 35.0 Å². The van der Waals surface area contributed by atoms with Crippen molar-refractivity contribution in [1.82, 2.24) is 0 Å². The van der Waals surface area contributed by atoms with Crippen LogP contribution >= 0.6 is 0 Å². The summed E-state index contributed by atoms with van der Waals surface area (Å²) < 4.78 is 11.3. The minimum Gasteiger partial charge on any atom is -0.489 e. The second-order valence-corrected chi connectivity index (χ2v) is 6.52. The maximum Gasteiger partial charge on any atom is 0.335 e. The summed E-state index contributed by atoms with van der Waals surface area (Å²) in [4.78, 5) is 35.3. The summed E-state index contributed by atoms with van der Waals surface area (Å²) in [5.41, 5.74) is 0.743. The summed E-state index contributed by atoms with van der Waals surface area (Å²) in [6.45, 7) is 6.65. The predicted molar refractivity (Wildman–Crippen MR) is 104 cm³/mol. The van der Waals surface area contributed by atoms with Gasteiger partial charge in [0.05, 0.1) is 17.4 Å². The number of hydrogen-bond donors (Lipinski definition) is 2. The molecule has 0 bridgehead atoms. The Labute approximate surface area is 163 Å². The van der Waals surface area contributed by atoms with Crippen molar-refractivity contribution in [2.24, 2.45) is 0 Å². The highest BCUT2D eigenvalue weighted by Gasteiger charge is 2.19. The molecule has 148 valence electrons. The Morgan fingerprint density at radius 3 is 2.29 bits per heavy atom. The molecule has 7 nitrogen and oxygen atoms in total. The van der Waals surface area contributed by atoms with Crippen LogP contribution in [0, 0.1) is 0 Å². The fraction of sp³-hybridized carbons (Fsp3) is 0.286. The molecule has 0 spiro atoms. The van der Waals surface area contributed by atoms with Crippen molar-refractivity contribution in [2.45, 2.75) is 39.9 Å². The zero-order valence-electron chi connectivity index (χ0n) is 16.2. The van der Waals surface area contributed by atoms with Gasteiger partial charge in [0.1, 0.15) is 11.5 Å². The number of nitrogens with one attached hydrogen (secondary N) is 1. The van der Waals surface area contributed by atoms with Gasteiger partial charge in [0.25, 0.3) is 5.91 Å². The van der Waals surface area contributed by atoms with E-state index in [1.54, 1.807) is 31.2 Å². The second-order valence-electron chi connectivity index (χ2n) is 6.52. The summed E-state index contributed by atoms with van der Waals surface area (Å²) in [7, 11) is 0. The van der Waals surface area contributed by atoms with Crippen LogP contribution in [0.25, 0.3) is 0 Å². The van der Waals surface area contributed by atoms with Crippen LogP contribution in [-0.2, 0) is 4.79 Å². The van der Waals surface area contributed by atoms with Gasteiger partial charge in [-0.15, -0.1) is 0 Å². The zero-order valence-corrected chi connectivity index (χ0v) is 16.2. The zero-order chi connectivity index (χ0) is 20.8. The molecule has 2 rings (SSSR count). The van der Waals surface area contributed by atoms with Crippen molar-refractivity contribution in [3.05, 3.63) is 53.6 Å². The molecule has 28 heavy (non-hydrogen) atoms. The number of ether oxygens (including phenoxy) is 2. The van der Waals surface area contributed by atoms with Gasteiger partial charge < -0.3 is 19.9 Å². The van der Waals surface area contributed by atoms with Crippen molar-refractivity contribution in [3.8, 4) is 11.5 Å². The molecule has 7 heteroatoms. The van der Waals surface area contributed by atoms with Crippen molar-refractivity contribution < 1.29 is 29.0 Å². The Kier molecular flexibility index (Phi) is 6.76. The third kappa shape index (κ3) is 5.57. The first-order valence-electron chi connectivity index (χ1n) is 8.80. The van der Waals surface area contributed by atoms with Gasteiger partial charge in [-0.05, 0) is 58.0 Å². The van der Waals surface area contributed by atoms with Gasteiger partial charge in [-0.1, -0.05) is 12.1 Å². The van der Waals surface area contributed by atoms with Gasteiger partial charge >= 0.3 is 5.97 Å². The van der Waals surface area contributed by atoms with Crippen molar-refractivity contribution in [3.63, 3.8) is 0 Å². The molecular formula is C21H23NO6. The Hall–Kier alpha value is -3.35. The van der Waals surface area contributed by atoms with Crippen LogP contribution in [0.3, 0.4) is 0 Å². The van der Waals surface area contributed by atoms with Crippen molar-refractivity contribution in [2.75, 3.05) is 5.32 Å². The third-order valence-electron chi connectivity index (χ3n) is 3.77. The lowest BCUT2D eigenvalue weighted by atomic mass is 10.1. The number of carboxylic acids is 1. The maximum atomic E-state index is 12.5. The van der Waals surface area contributed by atoms with Crippen LogP contribution in [0.15, 0.2) is 42.5 Å². The highest BCUT2D eigenvalue weighted by molar-refractivity contribution is 5.98. The van der Waals surface area contributed by atoms with Gasteiger partial charge in [-0.25, -0.2) is 4.79 Å². The summed E-state index contributed by atoms with van der Waals surface area (Å²) in [6.07, 6.45) is -1.04. The van der Waals surface area contributed by atoms with Gasteiger partial charge in [0.2, 0.25) is 0 Å². The van der Waals surface area contributed by atoms with E-state index in [2.05, 4.69) is 5.32 Å². The van der Waals surface area contributed by atoms with Crippen LogP contribution in [0.1, 0.15) is 48.4 Å². The van der Waals surface area contributed by atoms with Crippen LogP contribution in [0.4, 0.5) is 5.69 Å². The summed E-state index contributed by atoms with van der Waals surface area (Å²) in [5, 5.41) is 11.8. The van der Waals surface area contributed by atoms with E-state index >= 15 is 0 Å². The Morgan fingerprint density at radius 2 is 1.68 bits per heavy atom. The smallest absolute Gasteiger partial charge is 0.335 e. The molecule has 0 aliphatic heterocycles. The summed E-state index contributed by atoms with van der Waals surface area (Å²) in [6, 6.07) is 10.8. The SMILES string of the molecule is CC(=O)c1cccc(OC(C)C(=O)Nc2cc(C(=O)O)ccc2OC(C)C)c1. The van der Waals surface area contributed by atoms with E-state index in [0.717, 1.165) is 0 Å². The molecule has 0 aromatic heterocycles. The number of rotatable bonds is 8. The van der Waals surface area contributed by atoms with Gasteiger partial charge in [0, 0.05) is 5.56 Å². The number of benzene rings is 2. The number of carbonyl (C=O) groups is 3. The Balaban J connectivity index is 2.18. The molecule has 0 aliphatic rings. The van der Waals surface area contributed by atoms with Crippen LogP contribution in [0.2, 0.25) is 0 Å². The minimum atomic E-state index is -1.11. The largest absolute Gasteiger partial charge is 0.489 e. The molecule has 2 aromatic rings. The maximum absolute atomic E-state index is 12.5. The first kappa shape index (κ1) is 21.0. The molecule has 0 fully saturated rings. The quantitative estimate of drug-likeness (QED) is 0.671. The molecule has 0 saturated heterocycles. The number of aromatic carboxylic acids is 1. The lowest BCUT2D eigenvalue weighted by Crippen LogP contribution is -2.30. The molecular weight excluding hydrogens is 362 g/mol. The van der Waals surface area contributed by atoms with E-state index in [-0.39, 0.29) is 23.1 Å². The van der Waals surface area contributed by atoms with E-state index in [0.29, 0.717) is 17.1 Å². The molecule has 0 radical (unpaired) electrons. The molecule has 1 amide bonds. The standard InChI is InChI=1S/C21H23NO6/c1-12(2)27-19-9-8-16(21(25)26)11-18(19)22-20(24)14(4)28-17-7-5-6-15(10-17)13(3)23/h5-12,14H,1-4H3,(H,22,24)(H,25,26). The third-order valence-corrected chi connectivity index (χ3v) is 3.77. The second kappa shape index (κ2) is 9.03. The molecule has 1 atom stereocenters. The summed E-state index contributed by atoms with van der Waals surface area (Å²) in [5.74, 6) is -0.961. The number of anilines is 1. The van der Waals surface area contributed by atoms with Gasteiger partial charge in [-0.3, -0.25) is 9.59 Å². The minimum absolute atomic E-state index is 0.0223. The average Bonchev–Trinajstić information content (AvgIpc) is 2.62. The lowest BCUT2D eigenvalue weighted by molar-refractivity contribution is -0.122. The number of hydrogen-bond acceptors (Lipinski definition) is 5. The number of Topliss-reactive ketones (excluding diaryl/α,β-unsaturated/α-hetero) is 1. The number of carbonyl (C=O) groups excluding carboxylic acids is 2. The Morgan fingerprint density at radius 1 is 0.964 bits per heavy atom.